The van der Waals surface area contributed by atoms with Crippen molar-refractivity contribution in [3.8, 4) is 23.0 Å². The Balaban J connectivity index is 1.90. The first-order valence-corrected chi connectivity index (χ1v) is 8.94. The number of benzene rings is 2. The SMILES string of the molecule is COC(=O)[C@@H](C)Oc1ccc2c(c1C)O/C(=C\c1ccc(OC)c(OC)c1)C2=O. The molecule has 0 radical (unpaired) electrons. The first kappa shape index (κ1) is 20.3. The molecular formula is C22H22O7. The van der Waals surface area contributed by atoms with E-state index in [0.29, 0.717) is 34.1 Å². The number of fused-ring (bicyclic) bond motifs is 1. The number of methoxy groups -OCH3 is 3. The van der Waals surface area contributed by atoms with Gasteiger partial charge in [-0.3, -0.25) is 4.79 Å². The normalized spacial score (nSPS) is 14.8. The first-order valence-electron chi connectivity index (χ1n) is 8.94. The van der Waals surface area contributed by atoms with Crippen LogP contribution >= 0.6 is 0 Å². The number of hydrogen-bond acceptors (Lipinski definition) is 7. The van der Waals surface area contributed by atoms with Crippen LogP contribution in [0, 0.1) is 6.92 Å². The predicted molar refractivity (Wildman–Crippen MR) is 106 cm³/mol. The quantitative estimate of drug-likeness (QED) is 0.544. The lowest BCUT2D eigenvalue weighted by molar-refractivity contribution is -0.147. The van der Waals surface area contributed by atoms with E-state index in [9.17, 15) is 9.59 Å². The molecule has 2 aromatic carbocycles. The summed E-state index contributed by atoms with van der Waals surface area (Å²) >= 11 is 0. The molecule has 2 aromatic rings. The van der Waals surface area contributed by atoms with Crippen LogP contribution < -0.4 is 18.9 Å². The van der Waals surface area contributed by atoms with E-state index in [1.165, 1.54) is 7.11 Å². The van der Waals surface area contributed by atoms with Crippen molar-refractivity contribution in [2.24, 2.45) is 0 Å². The topological polar surface area (TPSA) is 80.3 Å². The Morgan fingerprint density at radius 2 is 1.72 bits per heavy atom. The van der Waals surface area contributed by atoms with Crippen LogP contribution in [-0.4, -0.2) is 39.2 Å². The number of hydrogen-bond donors (Lipinski definition) is 0. The Morgan fingerprint density at radius 1 is 1.03 bits per heavy atom. The van der Waals surface area contributed by atoms with Gasteiger partial charge in [0.05, 0.1) is 26.9 Å². The molecule has 0 amide bonds. The first-order chi connectivity index (χ1) is 13.9. The minimum absolute atomic E-state index is 0.188. The van der Waals surface area contributed by atoms with E-state index in [2.05, 4.69) is 4.74 Å². The molecule has 0 N–H and O–H groups in total. The Labute approximate surface area is 168 Å². The zero-order chi connectivity index (χ0) is 21.1. The fraction of sp³-hybridized carbons (Fsp3) is 0.273. The molecule has 0 fully saturated rings. The molecule has 1 aliphatic heterocycles. The van der Waals surface area contributed by atoms with E-state index >= 15 is 0 Å². The van der Waals surface area contributed by atoms with E-state index in [1.807, 2.05) is 0 Å². The third-order valence-corrected chi connectivity index (χ3v) is 4.58. The average molecular weight is 398 g/mol. The summed E-state index contributed by atoms with van der Waals surface area (Å²) in [6.07, 6.45) is 0.858. The van der Waals surface area contributed by atoms with Gasteiger partial charge in [0, 0.05) is 5.56 Å². The van der Waals surface area contributed by atoms with Crippen LogP contribution in [0.25, 0.3) is 6.08 Å². The third-order valence-electron chi connectivity index (χ3n) is 4.58. The van der Waals surface area contributed by atoms with E-state index < -0.39 is 12.1 Å². The molecule has 0 aromatic heterocycles. The van der Waals surface area contributed by atoms with Gasteiger partial charge in [0.25, 0.3) is 0 Å². The van der Waals surface area contributed by atoms with Crippen LogP contribution in [0.5, 0.6) is 23.0 Å². The predicted octanol–water partition coefficient (Wildman–Crippen LogP) is 3.57. The number of rotatable bonds is 6. The van der Waals surface area contributed by atoms with Crippen molar-refractivity contribution in [2.45, 2.75) is 20.0 Å². The van der Waals surface area contributed by atoms with Crippen LogP contribution in [0.2, 0.25) is 0 Å². The van der Waals surface area contributed by atoms with Crippen molar-refractivity contribution in [1.29, 1.82) is 0 Å². The van der Waals surface area contributed by atoms with Crippen molar-refractivity contribution in [3.05, 3.63) is 52.8 Å². The molecule has 7 nitrogen and oxygen atoms in total. The van der Waals surface area contributed by atoms with Gasteiger partial charge >= 0.3 is 5.97 Å². The number of ether oxygens (including phenoxy) is 5. The molecule has 0 unspecified atom stereocenters. The van der Waals surface area contributed by atoms with Crippen LogP contribution in [0.15, 0.2) is 36.1 Å². The molecule has 0 aliphatic carbocycles. The lowest BCUT2D eigenvalue weighted by Gasteiger charge is -2.15. The molecule has 29 heavy (non-hydrogen) atoms. The van der Waals surface area contributed by atoms with Crippen LogP contribution in [0.3, 0.4) is 0 Å². The molecule has 152 valence electrons. The van der Waals surface area contributed by atoms with Crippen LogP contribution in [-0.2, 0) is 9.53 Å². The Bertz CT molecular complexity index is 991. The molecule has 7 heteroatoms. The molecule has 1 aliphatic rings. The summed E-state index contributed by atoms with van der Waals surface area (Å²) in [5.41, 5.74) is 1.79. The lowest BCUT2D eigenvalue weighted by Crippen LogP contribution is -2.25. The van der Waals surface area contributed by atoms with Crippen molar-refractivity contribution in [2.75, 3.05) is 21.3 Å². The summed E-state index contributed by atoms with van der Waals surface area (Å²) in [5, 5.41) is 0. The second-order valence-electron chi connectivity index (χ2n) is 6.40. The summed E-state index contributed by atoms with van der Waals surface area (Å²) in [6, 6.07) is 8.58. The average Bonchev–Trinajstić information content (AvgIpc) is 3.05. The van der Waals surface area contributed by atoms with Crippen molar-refractivity contribution in [1.82, 2.24) is 0 Å². The number of ketones is 1. The van der Waals surface area contributed by atoms with Gasteiger partial charge in [0.1, 0.15) is 11.5 Å². The van der Waals surface area contributed by atoms with Gasteiger partial charge in [-0.15, -0.1) is 0 Å². The Kier molecular flexibility index (Phi) is 5.77. The van der Waals surface area contributed by atoms with Gasteiger partial charge in [0.2, 0.25) is 5.78 Å². The van der Waals surface area contributed by atoms with Gasteiger partial charge in [-0.25, -0.2) is 4.79 Å². The number of esters is 1. The summed E-state index contributed by atoms with van der Waals surface area (Å²) < 4.78 is 26.7. The maximum absolute atomic E-state index is 12.8. The third kappa shape index (κ3) is 3.89. The van der Waals surface area contributed by atoms with Gasteiger partial charge in [-0.1, -0.05) is 6.07 Å². The summed E-state index contributed by atoms with van der Waals surface area (Å²) in [7, 11) is 4.40. The smallest absolute Gasteiger partial charge is 0.346 e. The van der Waals surface area contributed by atoms with Gasteiger partial charge in [-0.2, -0.15) is 0 Å². The van der Waals surface area contributed by atoms with E-state index in [1.54, 1.807) is 64.5 Å². The molecular weight excluding hydrogens is 376 g/mol. The summed E-state index contributed by atoms with van der Waals surface area (Å²) in [5.74, 6) is 1.47. The fourth-order valence-corrected chi connectivity index (χ4v) is 2.99. The van der Waals surface area contributed by atoms with Gasteiger partial charge in [0.15, 0.2) is 23.4 Å². The van der Waals surface area contributed by atoms with E-state index in [4.69, 9.17) is 18.9 Å². The minimum atomic E-state index is -0.782. The van der Waals surface area contributed by atoms with Gasteiger partial charge in [-0.05, 0) is 49.8 Å². The second-order valence-corrected chi connectivity index (χ2v) is 6.40. The monoisotopic (exact) mass is 398 g/mol. The molecule has 1 atom stereocenters. The zero-order valence-corrected chi connectivity index (χ0v) is 16.9. The standard InChI is InChI=1S/C22H22O7/c1-12-16(28-13(2)22(24)27-5)9-7-15-20(23)19(29-21(12)15)11-14-6-8-17(25-3)18(10-14)26-4/h6-11,13H,1-5H3/b19-11-/t13-/m1/s1. The summed E-state index contributed by atoms with van der Waals surface area (Å²) in [6.45, 7) is 3.36. The molecule has 0 saturated heterocycles. The maximum Gasteiger partial charge on any atom is 0.346 e. The molecule has 1 heterocycles. The van der Waals surface area contributed by atoms with Crippen LogP contribution in [0.4, 0.5) is 0 Å². The fourth-order valence-electron chi connectivity index (χ4n) is 2.99. The van der Waals surface area contributed by atoms with Crippen LogP contribution in [0.1, 0.15) is 28.4 Å². The number of carbonyl (C=O) groups excluding carboxylic acids is 2. The molecule has 3 rings (SSSR count). The summed E-state index contributed by atoms with van der Waals surface area (Å²) in [4.78, 5) is 24.4. The number of allylic oxidation sites excluding steroid dienone is 1. The van der Waals surface area contributed by atoms with Crippen molar-refractivity contribution < 1.29 is 33.3 Å². The lowest BCUT2D eigenvalue weighted by atomic mass is 10.1. The second kappa shape index (κ2) is 8.26. The van der Waals surface area contributed by atoms with Gasteiger partial charge < -0.3 is 23.7 Å². The minimum Gasteiger partial charge on any atom is -0.493 e. The number of carbonyl (C=O) groups is 2. The highest BCUT2D eigenvalue weighted by molar-refractivity contribution is 6.15. The highest BCUT2D eigenvalue weighted by atomic mass is 16.6. The van der Waals surface area contributed by atoms with Crippen molar-refractivity contribution >= 4 is 17.8 Å². The molecule has 0 bridgehead atoms. The largest absolute Gasteiger partial charge is 0.493 e. The molecule has 0 spiro atoms. The number of Topliss-reactive ketones (excluding diaryl/α,β-unsaturated/α-hetero) is 1. The molecule has 0 saturated carbocycles. The maximum atomic E-state index is 12.8. The van der Waals surface area contributed by atoms with E-state index in [-0.39, 0.29) is 11.5 Å². The Hall–Kier alpha value is -3.48. The zero-order valence-electron chi connectivity index (χ0n) is 16.9. The highest BCUT2D eigenvalue weighted by Crippen LogP contribution is 2.40. The highest BCUT2D eigenvalue weighted by Gasteiger charge is 2.31. The van der Waals surface area contributed by atoms with Crippen molar-refractivity contribution in [3.63, 3.8) is 0 Å². The van der Waals surface area contributed by atoms with E-state index in [0.717, 1.165) is 5.56 Å². The Morgan fingerprint density at radius 3 is 2.38 bits per heavy atom.